The van der Waals surface area contributed by atoms with E-state index in [0.717, 1.165) is 73.0 Å². The topological polar surface area (TPSA) is 50.8 Å². The van der Waals surface area contributed by atoms with Crippen molar-refractivity contribution < 1.29 is 14.3 Å². The third-order valence-corrected chi connectivity index (χ3v) is 6.97. The Balaban J connectivity index is 1.40. The van der Waals surface area contributed by atoms with Crippen LogP contribution in [0.15, 0.2) is 53.4 Å². The summed E-state index contributed by atoms with van der Waals surface area (Å²) in [5.74, 6) is 1.78. The number of piperidine rings is 1. The minimum atomic E-state index is 0.0114. The quantitative estimate of drug-likeness (QED) is 0.667. The van der Waals surface area contributed by atoms with Crippen LogP contribution in [0.5, 0.6) is 5.75 Å². The molecule has 30 heavy (non-hydrogen) atoms. The van der Waals surface area contributed by atoms with Crippen LogP contribution in [0.3, 0.4) is 0 Å². The summed E-state index contributed by atoms with van der Waals surface area (Å²) in [4.78, 5) is 16.4. The third kappa shape index (κ3) is 5.10. The number of methoxy groups -OCH3 is 1. The predicted octanol–water partition coefficient (Wildman–Crippen LogP) is 4.37. The predicted molar refractivity (Wildman–Crippen MR) is 122 cm³/mol. The first-order valence-electron chi connectivity index (χ1n) is 10.8. The molecule has 0 aliphatic carbocycles. The monoisotopic (exact) mass is 426 g/mol. The number of nitrogens with zero attached hydrogens (tertiary/aromatic N) is 1. The van der Waals surface area contributed by atoms with Crippen molar-refractivity contribution in [1.82, 2.24) is 5.32 Å². The lowest BCUT2D eigenvalue weighted by Crippen LogP contribution is -2.48. The zero-order valence-electron chi connectivity index (χ0n) is 17.5. The summed E-state index contributed by atoms with van der Waals surface area (Å²) in [6.07, 6.45) is 4.58. The number of hydrogen-bond donors (Lipinski definition) is 1. The number of rotatable bonds is 7. The first kappa shape index (κ1) is 21.1. The molecule has 0 bridgehead atoms. The van der Waals surface area contributed by atoms with E-state index in [1.807, 2.05) is 42.5 Å². The summed E-state index contributed by atoms with van der Waals surface area (Å²) in [5, 5.41) is 3.27. The van der Waals surface area contributed by atoms with E-state index in [9.17, 15) is 4.79 Å². The van der Waals surface area contributed by atoms with E-state index in [0.29, 0.717) is 6.10 Å². The maximum atomic E-state index is 13.1. The minimum absolute atomic E-state index is 0.0114. The summed E-state index contributed by atoms with van der Waals surface area (Å²) in [6, 6.07) is 16.1. The molecule has 0 spiro atoms. The Kier molecular flexibility index (Phi) is 7.18. The van der Waals surface area contributed by atoms with Crippen molar-refractivity contribution in [3.8, 4) is 5.75 Å². The van der Waals surface area contributed by atoms with Crippen LogP contribution in [0, 0.1) is 0 Å². The summed E-state index contributed by atoms with van der Waals surface area (Å²) >= 11 is 1.72. The van der Waals surface area contributed by atoms with E-state index in [1.165, 1.54) is 0 Å². The second kappa shape index (κ2) is 10.2. The first-order chi connectivity index (χ1) is 14.7. The molecule has 2 aliphatic heterocycles. The second-order valence-electron chi connectivity index (χ2n) is 7.87. The van der Waals surface area contributed by atoms with E-state index in [2.05, 4.69) is 16.3 Å². The van der Waals surface area contributed by atoms with E-state index in [1.54, 1.807) is 18.9 Å². The van der Waals surface area contributed by atoms with Crippen LogP contribution in [0.1, 0.15) is 36.0 Å². The van der Waals surface area contributed by atoms with Crippen molar-refractivity contribution in [2.75, 3.05) is 37.5 Å². The van der Waals surface area contributed by atoms with E-state index >= 15 is 0 Å². The summed E-state index contributed by atoms with van der Waals surface area (Å²) in [7, 11) is 1.70. The van der Waals surface area contributed by atoms with Gasteiger partial charge in [-0.05, 0) is 49.9 Å². The van der Waals surface area contributed by atoms with Crippen LogP contribution in [-0.2, 0) is 4.74 Å². The van der Waals surface area contributed by atoms with E-state index in [-0.39, 0.29) is 11.9 Å². The van der Waals surface area contributed by atoms with Crippen molar-refractivity contribution in [3.05, 3.63) is 54.1 Å². The van der Waals surface area contributed by atoms with Crippen molar-refractivity contribution in [2.24, 2.45) is 0 Å². The van der Waals surface area contributed by atoms with Gasteiger partial charge in [-0.1, -0.05) is 24.3 Å². The summed E-state index contributed by atoms with van der Waals surface area (Å²) in [6.45, 7) is 2.62. The van der Waals surface area contributed by atoms with Gasteiger partial charge in [0.15, 0.2) is 0 Å². The van der Waals surface area contributed by atoms with Gasteiger partial charge in [-0.2, -0.15) is 0 Å². The number of ether oxygens (including phenoxy) is 2. The lowest BCUT2D eigenvalue weighted by Gasteiger charge is -2.35. The summed E-state index contributed by atoms with van der Waals surface area (Å²) < 4.78 is 11.3. The van der Waals surface area contributed by atoms with Crippen LogP contribution in [0.2, 0.25) is 0 Å². The molecular weight excluding hydrogens is 396 g/mol. The average molecular weight is 427 g/mol. The van der Waals surface area contributed by atoms with Crippen LogP contribution >= 0.6 is 11.8 Å². The molecule has 2 atom stereocenters. The Hall–Kier alpha value is -2.18. The molecule has 160 valence electrons. The Morgan fingerprint density at radius 2 is 2.00 bits per heavy atom. The molecule has 1 N–H and O–H groups in total. The zero-order valence-corrected chi connectivity index (χ0v) is 18.3. The van der Waals surface area contributed by atoms with Crippen LogP contribution in [0.25, 0.3) is 0 Å². The molecule has 2 saturated heterocycles. The molecule has 4 rings (SSSR count). The molecule has 0 aromatic heterocycles. The molecule has 2 aromatic rings. The highest BCUT2D eigenvalue weighted by atomic mass is 32.2. The maximum absolute atomic E-state index is 13.1. The smallest absolute Gasteiger partial charge is 0.252 e. The first-order valence-corrected chi connectivity index (χ1v) is 11.8. The average Bonchev–Trinajstić information content (AvgIpc) is 3.32. The SMILES string of the molecule is COc1ccccc1N1CCCC(NC(=O)c2ccccc2SCC2CCCO2)C1. The summed E-state index contributed by atoms with van der Waals surface area (Å²) in [5.41, 5.74) is 1.85. The van der Waals surface area contributed by atoms with Crippen molar-refractivity contribution in [2.45, 2.75) is 42.7 Å². The highest BCUT2D eigenvalue weighted by Crippen LogP contribution is 2.30. The van der Waals surface area contributed by atoms with Gasteiger partial charge >= 0.3 is 0 Å². The number of amides is 1. The lowest BCUT2D eigenvalue weighted by atomic mass is 10.0. The molecule has 0 radical (unpaired) electrons. The van der Waals surface area contributed by atoms with Crippen molar-refractivity contribution >= 4 is 23.4 Å². The standard InChI is InChI=1S/C24H30N2O3S/c1-28-22-12-4-3-11-21(22)26-14-6-8-18(16-26)25-24(27)20-10-2-5-13-23(20)30-17-19-9-7-15-29-19/h2-5,10-13,18-19H,6-9,14-17H2,1H3,(H,25,27). The molecule has 0 saturated carbocycles. The van der Waals surface area contributed by atoms with E-state index in [4.69, 9.17) is 9.47 Å². The number of carbonyl (C=O) groups excluding carboxylic acids is 1. The zero-order chi connectivity index (χ0) is 20.8. The number of para-hydroxylation sites is 2. The third-order valence-electron chi connectivity index (χ3n) is 5.76. The molecule has 1 amide bonds. The molecule has 2 heterocycles. The number of benzene rings is 2. The van der Waals surface area contributed by atoms with Gasteiger partial charge in [-0.3, -0.25) is 4.79 Å². The van der Waals surface area contributed by atoms with Gasteiger partial charge < -0.3 is 19.7 Å². The molecular formula is C24H30N2O3S. The number of thioether (sulfide) groups is 1. The van der Waals surface area contributed by atoms with Gasteiger partial charge in [-0.15, -0.1) is 11.8 Å². The van der Waals surface area contributed by atoms with E-state index < -0.39 is 0 Å². The fourth-order valence-electron chi connectivity index (χ4n) is 4.21. The molecule has 2 fully saturated rings. The van der Waals surface area contributed by atoms with Gasteiger partial charge in [0.2, 0.25) is 0 Å². The number of nitrogens with one attached hydrogen (secondary N) is 1. The molecule has 2 aromatic carbocycles. The van der Waals surface area contributed by atoms with Gasteiger partial charge in [0, 0.05) is 36.4 Å². The molecule has 2 unspecified atom stereocenters. The highest BCUT2D eigenvalue weighted by molar-refractivity contribution is 7.99. The van der Waals surface area contributed by atoms with Crippen molar-refractivity contribution in [3.63, 3.8) is 0 Å². The van der Waals surface area contributed by atoms with Gasteiger partial charge in [-0.25, -0.2) is 0 Å². The van der Waals surface area contributed by atoms with Gasteiger partial charge in [0.25, 0.3) is 5.91 Å². The fourth-order valence-corrected chi connectivity index (χ4v) is 5.33. The Morgan fingerprint density at radius 3 is 2.83 bits per heavy atom. The van der Waals surface area contributed by atoms with Crippen LogP contribution in [0.4, 0.5) is 5.69 Å². The molecule has 6 heteroatoms. The second-order valence-corrected chi connectivity index (χ2v) is 8.93. The van der Waals surface area contributed by atoms with Crippen LogP contribution < -0.4 is 15.0 Å². The Morgan fingerprint density at radius 1 is 1.17 bits per heavy atom. The Bertz CT molecular complexity index is 854. The van der Waals surface area contributed by atoms with Gasteiger partial charge in [0.05, 0.1) is 24.5 Å². The number of carbonyl (C=O) groups is 1. The normalized spacial score (nSPS) is 21.4. The Labute approximate surface area is 183 Å². The minimum Gasteiger partial charge on any atom is -0.495 e. The molecule has 2 aliphatic rings. The van der Waals surface area contributed by atoms with Gasteiger partial charge in [0.1, 0.15) is 5.75 Å². The highest BCUT2D eigenvalue weighted by Gasteiger charge is 2.25. The lowest BCUT2D eigenvalue weighted by molar-refractivity contribution is 0.0930. The number of hydrogen-bond acceptors (Lipinski definition) is 5. The molecule has 5 nitrogen and oxygen atoms in total. The largest absolute Gasteiger partial charge is 0.495 e. The van der Waals surface area contributed by atoms with Crippen LogP contribution in [-0.4, -0.2) is 50.6 Å². The maximum Gasteiger partial charge on any atom is 0.252 e. The number of anilines is 1. The van der Waals surface area contributed by atoms with Crippen molar-refractivity contribution in [1.29, 1.82) is 0 Å². The fraction of sp³-hybridized carbons (Fsp3) is 0.458.